The maximum atomic E-state index is 5.29. The molecule has 2 nitrogen and oxygen atoms in total. The number of rotatable bonds is 2. The Morgan fingerprint density at radius 3 is 2.75 bits per heavy atom. The molecule has 0 heterocycles. The molecule has 81 valence electrons. The topological polar surface area (TPSA) is 21.6 Å². The average Bonchev–Trinajstić information content (AvgIpc) is 2.30. The van der Waals surface area contributed by atoms with Gasteiger partial charge in [0.25, 0.3) is 0 Å². The molecule has 0 aliphatic rings. The number of nitrogens with zero attached hydrogens (tertiary/aromatic N) is 1. The fourth-order valence-corrected chi connectivity index (χ4v) is 2.01. The fourth-order valence-electron chi connectivity index (χ4n) is 1.56. The zero-order valence-corrected chi connectivity index (χ0v) is 10.7. The molecule has 2 rings (SSSR count). The monoisotopic (exact) mass is 278 g/mol. The molecule has 0 aromatic heterocycles. The van der Waals surface area contributed by atoms with E-state index in [2.05, 4.69) is 39.2 Å². The van der Waals surface area contributed by atoms with Crippen molar-refractivity contribution in [3.8, 4) is 0 Å². The van der Waals surface area contributed by atoms with Crippen molar-refractivity contribution in [3.63, 3.8) is 0 Å². The number of hydrogen-bond acceptors (Lipinski definition) is 2. The quantitative estimate of drug-likeness (QED) is 0.470. The van der Waals surface area contributed by atoms with Gasteiger partial charge in [-0.1, -0.05) is 0 Å². The van der Waals surface area contributed by atoms with Gasteiger partial charge in [-0.2, -0.15) is 0 Å². The molecule has 0 aliphatic heterocycles. The molecule has 0 N–H and O–H groups in total. The van der Waals surface area contributed by atoms with Gasteiger partial charge in [0.1, 0.15) is 0 Å². The fraction of sp³-hybridized carbons (Fsp3) is 0.154. The molecular weight excluding hydrogens is 265 g/mol. The van der Waals surface area contributed by atoms with Crippen molar-refractivity contribution in [3.05, 3.63) is 42.5 Å². The Hall–Kier alpha value is -1.31. The zero-order valence-electron chi connectivity index (χ0n) is 9.01. The van der Waals surface area contributed by atoms with Crippen LogP contribution in [0.3, 0.4) is 0 Å². The molecule has 1 radical (unpaired) electrons. The molecule has 0 aliphatic carbocycles. The van der Waals surface area contributed by atoms with Gasteiger partial charge in [-0.05, 0) is 0 Å². The third-order valence-corrected chi connectivity index (χ3v) is 2.68. The van der Waals surface area contributed by atoms with Gasteiger partial charge < -0.3 is 0 Å². The summed E-state index contributed by atoms with van der Waals surface area (Å²) >= 11 is 2.82. The molecule has 16 heavy (non-hydrogen) atoms. The number of aliphatic imine (C=N–C) groups is 1. The van der Waals surface area contributed by atoms with E-state index in [0.717, 1.165) is 11.1 Å². The minimum atomic E-state index is 0.582. The first-order valence-corrected chi connectivity index (χ1v) is 6.03. The van der Waals surface area contributed by atoms with Gasteiger partial charge in [0.2, 0.25) is 0 Å². The molecule has 3 heteroatoms. The van der Waals surface area contributed by atoms with Crippen LogP contribution in [0.15, 0.2) is 47.5 Å². The van der Waals surface area contributed by atoms with Crippen molar-refractivity contribution in [2.24, 2.45) is 4.99 Å². The van der Waals surface area contributed by atoms with Crippen LogP contribution in [0.2, 0.25) is 0 Å². The number of ether oxygens (including phenoxy) is 1. The first-order valence-electron chi connectivity index (χ1n) is 5.17. The Balaban J connectivity index is 2.48. The van der Waals surface area contributed by atoms with Gasteiger partial charge in [-0.15, -0.1) is 0 Å². The Kier molecular flexibility index (Phi) is 3.60. The summed E-state index contributed by atoms with van der Waals surface area (Å²) in [6.45, 7) is 2.56. The van der Waals surface area contributed by atoms with Crippen LogP contribution < -0.4 is 0 Å². The first-order chi connectivity index (χ1) is 7.81. The van der Waals surface area contributed by atoms with E-state index in [-0.39, 0.29) is 0 Å². The molecule has 0 atom stereocenters. The second-order valence-electron chi connectivity index (χ2n) is 3.31. The summed E-state index contributed by atoms with van der Waals surface area (Å²) in [4.78, 5) is 5.00. The van der Waals surface area contributed by atoms with Crippen molar-refractivity contribution in [2.45, 2.75) is 6.92 Å². The molecule has 0 spiro atoms. The van der Waals surface area contributed by atoms with Crippen molar-refractivity contribution < 1.29 is 4.74 Å². The number of hydrogen-bond donors (Lipinski definition) is 0. The summed E-state index contributed by atoms with van der Waals surface area (Å²) < 4.78 is 5.29. The predicted octanol–water partition coefficient (Wildman–Crippen LogP) is 3.03. The van der Waals surface area contributed by atoms with E-state index in [4.69, 9.17) is 4.74 Å². The van der Waals surface area contributed by atoms with Gasteiger partial charge in [-0.25, -0.2) is 0 Å². The molecule has 0 saturated carbocycles. The summed E-state index contributed by atoms with van der Waals surface area (Å²) in [5.74, 6) is 0. The van der Waals surface area contributed by atoms with Crippen LogP contribution in [-0.2, 0) is 4.74 Å². The summed E-state index contributed by atoms with van der Waals surface area (Å²) in [6, 6.07) is 14.2. The number of benzene rings is 2. The van der Waals surface area contributed by atoms with E-state index in [1.807, 2.05) is 31.2 Å². The SMILES string of the molecule is CCOC([Se])=Nc1cccc2ccccc12. The van der Waals surface area contributed by atoms with E-state index in [9.17, 15) is 0 Å². The van der Waals surface area contributed by atoms with Crippen LogP contribution in [0.5, 0.6) is 0 Å². The van der Waals surface area contributed by atoms with Crippen molar-refractivity contribution >= 4 is 37.3 Å². The molecule has 0 fully saturated rings. The van der Waals surface area contributed by atoms with Gasteiger partial charge >= 0.3 is 103 Å². The minimum absolute atomic E-state index is 0.582. The van der Waals surface area contributed by atoms with E-state index >= 15 is 0 Å². The van der Waals surface area contributed by atoms with Crippen LogP contribution in [0.1, 0.15) is 6.92 Å². The van der Waals surface area contributed by atoms with Gasteiger partial charge in [0.15, 0.2) is 0 Å². The van der Waals surface area contributed by atoms with Crippen molar-refractivity contribution in [1.29, 1.82) is 0 Å². The van der Waals surface area contributed by atoms with E-state index < -0.39 is 0 Å². The summed E-state index contributed by atoms with van der Waals surface area (Å²) in [7, 11) is 0. The third-order valence-electron chi connectivity index (χ3n) is 2.25. The Labute approximate surface area is 103 Å². The number of fused-ring (bicyclic) bond motifs is 1. The normalized spacial score (nSPS) is 11.7. The van der Waals surface area contributed by atoms with E-state index in [1.165, 1.54) is 5.39 Å². The Morgan fingerprint density at radius 2 is 1.94 bits per heavy atom. The molecule has 0 saturated heterocycles. The van der Waals surface area contributed by atoms with Crippen molar-refractivity contribution in [1.82, 2.24) is 0 Å². The van der Waals surface area contributed by atoms with Gasteiger partial charge in [0.05, 0.1) is 0 Å². The van der Waals surface area contributed by atoms with E-state index in [0.29, 0.717) is 11.4 Å². The van der Waals surface area contributed by atoms with E-state index in [1.54, 1.807) is 0 Å². The van der Waals surface area contributed by atoms with Crippen LogP contribution in [0.4, 0.5) is 5.69 Å². The third kappa shape index (κ3) is 2.43. The molecule has 2 aromatic rings. The average molecular weight is 277 g/mol. The standard InChI is InChI=1S/C13H12NOSe/c1-2-15-13(16)14-12-9-5-7-10-6-3-4-8-11(10)12/h3-9H,2H2,1H3. The van der Waals surface area contributed by atoms with Gasteiger partial charge in [0, 0.05) is 0 Å². The Morgan fingerprint density at radius 1 is 1.19 bits per heavy atom. The van der Waals surface area contributed by atoms with Crippen LogP contribution in [-0.4, -0.2) is 27.4 Å². The van der Waals surface area contributed by atoms with Crippen LogP contribution >= 0.6 is 0 Å². The molecule has 0 bridgehead atoms. The first kappa shape index (κ1) is 11.2. The second-order valence-corrected chi connectivity index (χ2v) is 4.04. The van der Waals surface area contributed by atoms with Crippen LogP contribution in [0.25, 0.3) is 10.8 Å². The summed E-state index contributed by atoms with van der Waals surface area (Å²) in [5, 5.41) is 2.32. The molecule has 0 amide bonds. The van der Waals surface area contributed by atoms with Crippen molar-refractivity contribution in [2.75, 3.05) is 6.61 Å². The van der Waals surface area contributed by atoms with Crippen LogP contribution in [0, 0.1) is 0 Å². The summed E-state index contributed by atoms with van der Waals surface area (Å²) in [6.07, 6.45) is 0. The summed E-state index contributed by atoms with van der Waals surface area (Å²) in [5.41, 5.74) is 0.931. The van der Waals surface area contributed by atoms with Gasteiger partial charge in [-0.3, -0.25) is 0 Å². The Bertz CT molecular complexity index is 517. The molecule has 2 aromatic carbocycles. The zero-order chi connectivity index (χ0) is 11.4. The molecular formula is C13H12NOSe. The maximum absolute atomic E-state index is 5.29. The predicted molar refractivity (Wildman–Crippen MR) is 68.4 cm³/mol. The molecule has 0 unspecified atom stereocenters. The second kappa shape index (κ2) is 5.15.